The molecule has 2 amide bonds. The SMILES string of the molecule is O=C(Nc1ccnn1C1CCN(C(=O)C(=O)c2ccccc2)CC1)c1ccc2c(c1)OCO2. The van der Waals surface area contributed by atoms with Gasteiger partial charge in [0.25, 0.3) is 11.8 Å². The lowest BCUT2D eigenvalue weighted by Crippen LogP contribution is -2.42. The Balaban J connectivity index is 1.22. The highest BCUT2D eigenvalue weighted by molar-refractivity contribution is 6.42. The van der Waals surface area contributed by atoms with Crippen molar-refractivity contribution in [3.8, 4) is 11.5 Å². The van der Waals surface area contributed by atoms with Crippen molar-refractivity contribution in [3.05, 3.63) is 71.9 Å². The van der Waals surface area contributed by atoms with Gasteiger partial charge in [0.05, 0.1) is 12.2 Å². The van der Waals surface area contributed by atoms with Gasteiger partial charge in [-0.25, -0.2) is 4.68 Å². The third-order valence-electron chi connectivity index (χ3n) is 5.87. The van der Waals surface area contributed by atoms with Crippen molar-refractivity contribution in [2.45, 2.75) is 18.9 Å². The van der Waals surface area contributed by atoms with Gasteiger partial charge in [-0.1, -0.05) is 30.3 Å². The van der Waals surface area contributed by atoms with Gasteiger partial charge in [-0.3, -0.25) is 14.4 Å². The number of nitrogens with one attached hydrogen (secondary N) is 1. The van der Waals surface area contributed by atoms with Crippen molar-refractivity contribution < 1.29 is 23.9 Å². The van der Waals surface area contributed by atoms with Crippen LogP contribution in [0.2, 0.25) is 0 Å². The van der Waals surface area contributed by atoms with Crippen LogP contribution in [0.4, 0.5) is 5.82 Å². The number of benzene rings is 2. The smallest absolute Gasteiger partial charge is 0.294 e. The van der Waals surface area contributed by atoms with E-state index in [4.69, 9.17) is 9.47 Å². The maximum absolute atomic E-state index is 12.8. The lowest BCUT2D eigenvalue weighted by Gasteiger charge is -2.32. The van der Waals surface area contributed by atoms with Crippen molar-refractivity contribution in [1.82, 2.24) is 14.7 Å². The summed E-state index contributed by atoms with van der Waals surface area (Å²) in [7, 11) is 0. The van der Waals surface area contributed by atoms with Gasteiger partial charge in [0, 0.05) is 30.3 Å². The highest BCUT2D eigenvalue weighted by Gasteiger charge is 2.29. The fourth-order valence-electron chi connectivity index (χ4n) is 4.10. The Morgan fingerprint density at radius 2 is 1.67 bits per heavy atom. The third-order valence-corrected chi connectivity index (χ3v) is 5.87. The number of anilines is 1. The number of rotatable bonds is 5. The first-order chi connectivity index (χ1) is 16.1. The zero-order valence-corrected chi connectivity index (χ0v) is 17.8. The molecule has 1 saturated heterocycles. The molecule has 9 heteroatoms. The number of fused-ring (bicyclic) bond motifs is 1. The van der Waals surface area contributed by atoms with E-state index in [0.717, 1.165) is 0 Å². The van der Waals surface area contributed by atoms with Gasteiger partial charge >= 0.3 is 0 Å². The van der Waals surface area contributed by atoms with Crippen LogP contribution in [0, 0.1) is 0 Å². The number of hydrogen-bond donors (Lipinski definition) is 1. The third kappa shape index (κ3) is 4.17. The van der Waals surface area contributed by atoms with Gasteiger partial charge in [0.2, 0.25) is 12.6 Å². The molecular weight excluding hydrogens is 424 g/mol. The number of nitrogens with zero attached hydrogens (tertiary/aromatic N) is 3. The predicted octanol–water partition coefficient (Wildman–Crippen LogP) is 2.91. The number of likely N-dealkylation sites (tertiary alicyclic amines) is 1. The summed E-state index contributed by atoms with van der Waals surface area (Å²) in [5.74, 6) is 0.460. The Labute approximate surface area is 189 Å². The fourth-order valence-corrected chi connectivity index (χ4v) is 4.10. The molecule has 1 fully saturated rings. The molecule has 0 bridgehead atoms. The molecule has 2 aliphatic heterocycles. The molecule has 1 N–H and O–H groups in total. The Morgan fingerprint density at radius 1 is 0.909 bits per heavy atom. The molecule has 168 valence electrons. The number of ketones is 1. The largest absolute Gasteiger partial charge is 0.454 e. The zero-order valence-electron chi connectivity index (χ0n) is 17.8. The molecule has 9 nitrogen and oxygen atoms in total. The minimum atomic E-state index is -0.496. The van der Waals surface area contributed by atoms with Gasteiger partial charge < -0.3 is 19.7 Å². The quantitative estimate of drug-likeness (QED) is 0.478. The van der Waals surface area contributed by atoms with E-state index in [2.05, 4.69) is 10.4 Å². The minimum absolute atomic E-state index is 0.00271. The topological polar surface area (TPSA) is 103 Å². The molecule has 2 aromatic carbocycles. The van der Waals surface area contributed by atoms with Gasteiger partial charge in [-0.15, -0.1) is 0 Å². The molecule has 0 aliphatic carbocycles. The first-order valence-electron chi connectivity index (χ1n) is 10.7. The molecule has 0 saturated carbocycles. The maximum Gasteiger partial charge on any atom is 0.294 e. The van der Waals surface area contributed by atoms with Crippen LogP contribution in [-0.2, 0) is 4.79 Å². The summed E-state index contributed by atoms with van der Waals surface area (Å²) in [4.78, 5) is 39.4. The van der Waals surface area contributed by atoms with Crippen LogP contribution in [0.3, 0.4) is 0 Å². The number of ether oxygens (including phenoxy) is 2. The van der Waals surface area contributed by atoms with Crippen LogP contribution in [-0.4, -0.2) is 52.2 Å². The summed E-state index contributed by atoms with van der Waals surface area (Å²) >= 11 is 0. The molecule has 33 heavy (non-hydrogen) atoms. The second-order valence-corrected chi connectivity index (χ2v) is 7.90. The molecule has 0 radical (unpaired) electrons. The summed E-state index contributed by atoms with van der Waals surface area (Å²) in [6.07, 6.45) is 2.89. The van der Waals surface area contributed by atoms with Crippen molar-refractivity contribution in [2.75, 3.05) is 25.2 Å². The van der Waals surface area contributed by atoms with Crippen LogP contribution in [0.1, 0.15) is 39.6 Å². The summed E-state index contributed by atoms with van der Waals surface area (Å²) in [6.45, 7) is 1.03. The number of carbonyl (C=O) groups is 3. The number of aromatic nitrogens is 2. The van der Waals surface area contributed by atoms with Crippen LogP contribution >= 0.6 is 0 Å². The molecule has 3 aromatic rings. The van der Waals surface area contributed by atoms with E-state index >= 15 is 0 Å². The second-order valence-electron chi connectivity index (χ2n) is 7.90. The normalized spacial score (nSPS) is 15.3. The Morgan fingerprint density at radius 3 is 2.45 bits per heavy atom. The second kappa shape index (κ2) is 8.78. The maximum atomic E-state index is 12.8. The van der Waals surface area contributed by atoms with Crippen LogP contribution in [0.25, 0.3) is 0 Å². The van der Waals surface area contributed by atoms with Gasteiger partial charge in [0.1, 0.15) is 5.82 Å². The van der Waals surface area contributed by atoms with Crippen molar-refractivity contribution in [2.24, 2.45) is 0 Å². The summed E-state index contributed by atoms with van der Waals surface area (Å²) in [6, 6.07) is 15.3. The zero-order chi connectivity index (χ0) is 22.8. The summed E-state index contributed by atoms with van der Waals surface area (Å²) < 4.78 is 12.4. The number of hydrogen-bond acceptors (Lipinski definition) is 6. The van der Waals surface area contributed by atoms with E-state index in [1.165, 1.54) is 0 Å². The average molecular weight is 446 g/mol. The monoisotopic (exact) mass is 446 g/mol. The van der Waals surface area contributed by atoms with E-state index in [1.807, 2.05) is 0 Å². The van der Waals surface area contributed by atoms with Gasteiger partial charge in [-0.05, 0) is 31.0 Å². The number of carbonyl (C=O) groups excluding carboxylic acids is 3. The van der Waals surface area contributed by atoms with Crippen LogP contribution in [0.5, 0.6) is 11.5 Å². The van der Waals surface area contributed by atoms with Crippen LogP contribution < -0.4 is 14.8 Å². The average Bonchev–Trinajstić information content (AvgIpc) is 3.52. The standard InChI is InChI=1S/C24H22N4O5/c29-22(16-4-2-1-3-5-16)24(31)27-12-9-18(10-13-27)28-21(8-11-25-28)26-23(30)17-6-7-19-20(14-17)33-15-32-19/h1-8,11,14,18H,9-10,12-13,15H2,(H,26,30). The molecule has 1 aromatic heterocycles. The highest BCUT2D eigenvalue weighted by atomic mass is 16.7. The molecule has 2 aliphatic rings. The molecule has 0 spiro atoms. The first kappa shape index (κ1) is 20.7. The summed E-state index contributed by atoms with van der Waals surface area (Å²) in [5, 5.41) is 7.28. The van der Waals surface area contributed by atoms with Gasteiger partial charge in [0.15, 0.2) is 11.5 Å². The number of piperidine rings is 1. The van der Waals surface area contributed by atoms with E-state index in [-0.39, 0.29) is 18.7 Å². The summed E-state index contributed by atoms with van der Waals surface area (Å²) in [5.41, 5.74) is 0.844. The predicted molar refractivity (Wildman–Crippen MR) is 118 cm³/mol. The van der Waals surface area contributed by atoms with Gasteiger partial charge in [-0.2, -0.15) is 5.10 Å². The fraction of sp³-hybridized carbons (Fsp3) is 0.250. The minimum Gasteiger partial charge on any atom is -0.454 e. The molecule has 0 unspecified atom stereocenters. The van der Waals surface area contributed by atoms with Crippen LogP contribution in [0.15, 0.2) is 60.8 Å². The number of amides is 2. The Kier molecular flexibility index (Phi) is 5.52. The molecule has 0 atom stereocenters. The van der Waals surface area contributed by atoms with E-state index in [0.29, 0.717) is 54.4 Å². The van der Waals surface area contributed by atoms with Crippen molar-refractivity contribution in [3.63, 3.8) is 0 Å². The molecule has 5 rings (SSSR count). The van der Waals surface area contributed by atoms with Crippen molar-refractivity contribution >= 4 is 23.4 Å². The highest BCUT2D eigenvalue weighted by Crippen LogP contribution is 2.33. The van der Waals surface area contributed by atoms with Crippen molar-refractivity contribution in [1.29, 1.82) is 0 Å². The molecular formula is C24H22N4O5. The lowest BCUT2D eigenvalue weighted by atomic mass is 10.0. The Bertz CT molecular complexity index is 1200. The number of Topliss-reactive ketones (excluding diaryl/α,β-unsaturated/α-hetero) is 1. The first-order valence-corrected chi connectivity index (χ1v) is 10.7. The molecule has 3 heterocycles. The van der Waals surface area contributed by atoms with E-state index in [9.17, 15) is 14.4 Å². The van der Waals surface area contributed by atoms with E-state index < -0.39 is 11.7 Å². The lowest BCUT2D eigenvalue weighted by molar-refractivity contribution is -0.127. The Hall–Kier alpha value is -4.14. The van der Waals surface area contributed by atoms with E-state index in [1.54, 1.807) is 70.4 Å².